The van der Waals surface area contributed by atoms with E-state index in [2.05, 4.69) is 17.0 Å². The maximum atomic E-state index is 11.5. The van der Waals surface area contributed by atoms with Gasteiger partial charge in [-0.15, -0.1) is 0 Å². The van der Waals surface area contributed by atoms with Gasteiger partial charge in [0.1, 0.15) is 0 Å². The number of rotatable bonds is 6. The van der Waals surface area contributed by atoms with Gasteiger partial charge >= 0.3 is 0 Å². The van der Waals surface area contributed by atoms with Gasteiger partial charge in [0.15, 0.2) is 0 Å². The monoisotopic (exact) mass is 343 g/mol. The molecule has 1 heterocycles. The number of hydrogen-bond acceptors (Lipinski definition) is 2. The van der Waals surface area contributed by atoms with Gasteiger partial charge < -0.3 is 10.0 Å². The molecule has 1 N–H and O–H groups in total. The third-order valence-electron chi connectivity index (χ3n) is 4.99. The predicted molar refractivity (Wildman–Crippen MR) is 100 cm³/mol. The van der Waals surface area contributed by atoms with Crippen LogP contribution >= 0.6 is 11.6 Å². The molecular formula is C21H26ClNO. The molecule has 2 nitrogen and oxygen atoms in total. The molecule has 0 spiro atoms. The molecule has 0 amide bonds. The second-order valence-corrected chi connectivity index (χ2v) is 7.29. The molecule has 2 aromatic carbocycles. The molecule has 2 aromatic rings. The van der Waals surface area contributed by atoms with Gasteiger partial charge in [-0.1, -0.05) is 60.5 Å². The molecule has 3 rings (SSSR count). The van der Waals surface area contributed by atoms with Crippen molar-refractivity contribution in [3.05, 3.63) is 70.7 Å². The summed E-state index contributed by atoms with van der Waals surface area (Å²) in [6, 6.07) is 17.9. The zero-order chi connectivity index (χ0) is 16.8. The summed E-state index contributed by atoms with van der Waals surface area (Å²) in [5.74, 6) is 0. The van der Waals surface area contributed by atoms with Crippen molar-refractivity contribution in [1.29, 1.82) is 0 Å². The van der Waals surface area contributed by atoms with Crippen LogP contribution in [-0.2, 0) is 12.0 Å². The first kappa shape index (κ1) is 17.5. The largest absolute Gasteiger partial charge is 0.385 e. The Labute approximate surface area is 150 Å². The Morgan fingerprint density at radius 1 is 0.958 bits per heavy atom. The predicted octanol–water partition coefficient (Wildman–Crippen LogP) is 4.65. The Hall–Kier alpha value is -1.35. The molecule has 0 unspecified atom stereocenters. The van der Waals surface area contributed by atoms with E-state index in [1.807, 2.05) is 42.5 Å². The van der Waals surface area contributed by atoms with E-state index in [-0.39, 0.29) is 0 Å². The van der Waals surface area contributed by atoms with Crippen LogP contribution in [0, 0.1) is 0 Å². The van der Waals surface area contributed by atoms with Crippen LogP contribution in [0.4, 0.5) is 0 Å². The molecule has 1 aliphatic rings. The van der Waals surface area contributed by atoms with Crippen LogP contribution in [0.3, 0.4) is 0 Å². The van der Waals surface area contributed by atoms with Crippen molar-refractivity contribution in [2.45, 2.75) is 37.7 Å². The average molecular weight is 344 g/mol. The molecule has 3 heteroatoms. The van der Waals surface area contributed by atoms with Gasteiger partial charge in [0.05, 0.1) is 5.60 Å². The van der Waals surface area contributed by atoms with E-state index in [1.54, 1.807) is 0 Å². The van der Waals surface area contributed by atoms with Crippen LogP contribution < -0.4 is 0 Å². The summed E-state index contributed by atoms with van der Waals surface area (Å²) in [5, 5.41) is 12.2. The number of piperidine rings is 1. The fourth-order valence-corrected chi connectivity index (χ4v) is 3.76. The standard InChI is InChI=1S/C21H26ClNO/c22-20-11-7-10-19(16-20)21(24,17-18-8-3-1-4-9-18)12-15-23-13-5-2-6-14-23/h1,3-4,7-11,16,24H,2,5-6,12-15,17H2/t21-/m1/s1. The molecule has 0 bridgehead atoms. The van der Waals surface area contributed by atoms with Gasteiger partial charge in [0.25, 0.3) is 0 Å². The normalized spacial score (nSPS) is 18.2. The van der Waals surface area contributed by atoms with Gasteiger partial charge in [0.2, 0.25) is 0 Å². The van der Waals surface area contributed by atoms with Crippen molar-refractivity contribution in [2.24, 2.45) is 0 Å². The van der Waals surface area contributed by atoms with Crippen LogP contribution in [-0.4, -0.2) is 29.6 Å². The number of benzene rings is 2. The van der Waals surface area contributed by atoms with Crippen molar-refractivity contribution in [2.75, 3.05) is 19.6 Å². The van der Waals surface area contributed by atoms with E-state index in [9.17, 15) is 5.11 Å². The average Bonchev–Trinajstić information content (AvgIpc) is 2.62. The third kappa shape index (κ3) is 4.60. The number of hydrogen-bond donors (Lipinski definition) is 1. The number of nitrogens with zero attached hydrogens (tertiary/aromatic N) is 1. The molecule has 0 saturated carbocycles. The van der Waals surface area contributed by atoms with Crippen LogP contribution in [0.25, 0.3) is 0 Å². The Kier molecular flexibility index (Phi) is 5.94. The Balaban J connectivity index is 1.79. The zero-order valence-corrected chi connectivity index (χ0v) is 14.9. The summed E-state index contributed by atoms with van der Waals surface area (Å²) in [4.78, 5) is 2.48. The molecule has 24 heavy (non-hydrogen) atoms. The summed E-state index contributed by atoms with van der Waals surface area (Å²) >= 11 is 6.18. The molecule has 128 valence electrons. The van der Waals surface area contributed by atoms with Crippen LogP contribution in [0.5, 0.6) is 0 Å². The maximum absolute atomic E-state index is 11.5. The highest BCUT2D eigenvalue weighted by molar-refractivity contribution is 6.30. The molecular weight excluding hydrogens is 318 g/mol. The summed E-state index contributed by atoms with van der Waals surface area (Å²) in [5.41, 5.74) is 1.18. The highest BCUT2D eigenvalue weighted by Crippen LogP contribution is 2.31. The maximum Gasteiger partial charge on any atom is 0.0949 e. The lowest BCUT2D eigenvalue weighted by molar-refractivity contribution is 0.0155. The summed E-state index contributed by atoms with van der Waals surface area (Å²) in [7, 11) is 0. The minimum Gasteiger partial charge on any atom is -0.385 e. The first-order valence-electron chi connectivity index (χ1n) is 8.90. The lowest BCUT2D eigenvalue weighted by Crippen LogP contribution is -2.37. The van der Waals surface area contributed by atoms with E-state index >= 15 is 0 Å². The minimum atomic E-state index is -0.885. The van der Waals surface area contributed by atoms with Gasteiger partial charge in [-0.25, -0.2) is 0 Å². The fourth-order valence-electron chi connectivity index (χ4n) is 3.57. The highest BCUT2D eigenvalue weighted by Gasteiger charge is 2.30. The first-order chi connectivity index (χ1) is 11.7. The van der Waals surface area contributed by atoms with Crippen molar-refractivity contribution in [1.82, 2.24) is 4.90 Å². The van der Waals surface area contributed by atoms with Crippen LogP contribution in [0.15, 0.2) is 54.6 Å². The summed E-state index contributed by atoms with van der Waals surface area (Å²) < 4.78 is 0. The van der Waals surface area contributed by atoms with Crippen LogP contribution in [0.1, 0.15) is 36.8 Å². The van der Waals surface area contributed by atoms with Gasteiger partial charge in [0, 0.05) is 18.0 Å². The summed E-state index contributed by atoms with van der Waals surface area (Å²) in [6.07, 6.45) is 5.21. The minimum absolute atomic E-state index is 0.613. The van der Waals surface area contributed by atoms with E-state index in [4.69, 9.17) is 11.6 Å². The van der Waals surface area contributed by atoms with E-state index in [1.165, 1.54) is 19.3 Å². The molecule has 1 atom stereocenters. The van der Waals surface area contributed by atoms with E-state index in [0.717, 1.165) is 37.2 Å². The first-order valence-corrected chi connectivity index (χ1v) is 9.28. The van der Waals surface area contributed by atoms with Crippen molar-refractivity contribution in [3.63, 3.8) is 0 Å². The quantitative estimate of drug-likeness (QED) is 0.825. The van der Waals surface area contributed by atoms with Gasteiger partial charge in [-0.3, -0.25) is 0 Å². The van der Waals surface area contributed by atoms with Crippen molar-refractivity contribution < 1.29 is 5.11 Å². The van der Waals surface area contributed by atoms with Gasteiger partial charge in [-0.05, 0) is 55.6 Å². The van der Waals surface area contributed by atoms with E-state index in [0.29, 0.717) is 11.4 Å². The topological polar surface area (TPSA) is 23.5 Å². The summed E-state index contributed by atoms with van der Waals surface area (Å²) in [6.45, 7) is 3.23. The number of aliphatic hydroxyl groups is 1. The van der Waals surface area contributed by atoms with Crippen molar-refractivity contribution in [3.8, 4) is 0 Å². The van der Waals surface area contributed by atoms with Crippen molar-refractivity contribution >= 4 is 11.6 Å². The van der Waals surface area contributed by atoms with Crippen LogP contribution in [0.2, 0.25) is 5.02 Å². The Morgan fingerprint density at radius 2 is 1.71 bits per heavy atom. The second kappa shape index (κ2) is 8.15. The number of halogens is 1. The second-order valence-electron chi connectivity index (χ2n) is 6.86. The number of likely N-dealkylation sites (tertiary alicyclic amines) is 1. The highest BCUT2D eigenvalue weighted by atomic mass is 35.5. The fraction of sp³-hybridized carbons (Fsp3) is 0.429. The molecule has 1 aliphatic heterocycles. The molecule has 1 saturated heterocycles. The Bertz CT molecular complexity index is 639. The smallest absolute Gasteiger partial charge is 0.0949 e. The molecule has 0 aliphatic carbocycles. The Morgan fingerprint density at radius 3 is 2.42 bits per heavy atom. The lowest BCUT2D eigenvalue weighted by Gasteiger charge is -2.33. The van der Waals surface area contributed by atoms with Gasteiger partial charge in [-0.2, -0.15) is 0 Å². The molecule has 0 aromatic heterocycles. The lowest BCUT2D eigenvalue weighted by atomic mass is 9.84. The molecule has 1 fully saturated rings. The van der Waals surface area contributed by atoms with E-state index < -0.39 is 5.60 Å². The molecule has 0 radical (unpaired) electrons. The third-order valence-corrected chi connectivity index (χ3v) is 5.23. The zero-order valence-electron chi connectivity index (χ0n) is 14.1. The SMILES string of the molecule is O[C@](CCN1CCCCC1)(Cc1ccccc1)c1cccc(Cl)c1.